The van der Waals surface area contributed by atoms with E-state index in [1.807, 2.05) is 24.0 Å². The van der Waals surface area contributed by atoms with E-state index in [1.54, 1.807) is 12.4 Å². The maximum atomic E-state index is 12.7. The molecule has 1 aliphatic heterocycles. The Labute approximate surface area is 142 Å². The molecule has 0 radical (unpaired) electrons. The van der Waals surface area contributed by atoms with Gasteiger partial charge in [-0.25, -0.2) is 4.79 Å². The molecule has 2 aromatic heterocycles. The van der Waals surface area contributed by atoms with Crippen molar-refractivity contribution in [3.05, 3.63) is 41.7 Å². The third kappa shape index (κ3) is 3.25. The molecule has 24 heavy (non-hydrogen) atoms. The molecule has 0 spiro atoms. The Morgan fingerprint density at radius 2 is 2.12 bits per heavy atom. The number of aryl methyl sites for hydroxylation is 1. The number of rotatable bonds is 6. The first-order valence-corrected chi connectivity index (χ1v) is 8.60. The predicted molar refractivity (Wildman–Crippen MR) is 90.2 cm³/mol. The largest absolute Gasteiger partial charge is 0.331 e. The minimum absolute atomic E-state index is 0.0436. The highest BCUT2D eigenvalue weighted by atomic mass is 16.2. The molecule has 128 valence electrons. The van der Waals surface area contributed by atoms with Gasteiger partial charge < -0.3 is 14.8 Å². The Kier molecular flexibility index (Phi) is 5.08. The van der Waals surface area contributed by atoms with Gasteiger partial charge in [0.05, 0.1) is 12.6 Å². The first-order valence-electron chi connectivity index (χ1n) is 8.60. The van der Waals surface area contributed by atoms with Crippen molar-refractivity contribution >= 4 is 6.03 Å². The molecule has 2 amide bonds. The molecule has 0 aliphatic carbocycles. The highest BCUT2D eigenvalue weighted by molar-refractivity contribution is 5.74. The first-order chi connectivity index (χ1) is 11.7. The van der Waals surface area contributed by atoms with Crippen molar-refractivity contribution in [2.45, 2.75) is 52.2 Å². The second-order valence-electron chi connectivity index (χ2n) is 5.94. The summed E-state index contributed by atoms with van der Waals surface area (Å²) in [4.78, 5) is 18.6. The fourth-order valence-corrected chi connectivity index (χ4v) is 3.32. The fraction of sp³-hybridized carbons (Fsp3) is 0.529. The van der Waals surface area contributed by atoms with Crippen molar-refractivity contribution in [3.63, 3.8) is 0 Å². The Morgan fingerprint density at radius 3 is 2.83 bits per heavy atom. The lowest BCUT2D eigenvalue weighted by molar-refractivity contribution is 0.175. The van der Waals surface area contributed by atoms with E-state index < -0.39 is 0 Å². The van der Waals surface area contributed by atoms with Gasteiger partial charge in [0.15, 0.2) is 5.82 Å². The monoisotopic (exact) mass is 328 g/mol. The zero-order valence-electron chi connectivity index (χ0n) is 14.3. The van der Waals surface area contributed by atoms with Crippen LogP contribution in [0, 0.1) is 0 Å². The summed E-state index contributed by atoms with van der Waals surface area (Å²) in [6, 6.07) is 3.91. The Morgan fingerprint density at radius 1 is 1.33 bits per heavy atom. The molecule has 0 unspecified atom stereocenters. The summed E-state index contributed by atoms with van der Waals surface area (Å²) in [5, 5.41) is 11.4. The van der Waals surface area contributed by atoms with E-state index in [0.29, 0.717) is 13.1 Å². The lowest BCUT2D eigenvalue weighted by atomic mass is 10.0. The van der Waals surface area contributed by atoms with E-state index in [-0.39, 0.29) is 12.1 Å². The summed E-state index contributed by atoms with van der Waals surface area (Å²) in [7, 11) is 0. The second kappa shape index (κ2) is 7.42. The topological polar surface area (TPSA) is 75.9 Å². The molecule has 1 atom stereocenters. The summed E-state index contributed by atoms with van der Waals surface area (Å²) >= 11 is 0. The van der Waals surface area contributed by atoms with Gasteiger partial charge in [0, 0.05) is 31.9 Å². The average Bonchev–Trinajstić information content (AvgIpc) is 3.22. The van der Waals surface area contributed by atoms with Crippen LogP contribution in [0.2, 0.25) is 0 Å². The van der Waals surface area contributed by atoms with Crippen molar-refractivity contribution in [3.8, 4) is 0 Å². The number of fused-ring (bicyclic) bond motifs is 1. The third-order valence-electron chi connectivity index (χ3n) is 4.54. The van der Waals surface area contributed by atoms with Crippen LogP contribution in [-0.4, -0.2) is 37.2 Å². The number of aromatic nitrogens is 4. The number of carbonyl (C=O) groups is 1. The van der Waals surface area contributed by atoms with Crippen molar-refractivity contribution in [1.29, 1.82) is 0 Å². The molecule has 7 nitrogen and oxygen atoms in total. The van der Waals surface area contributed by atoms with Gasteiger partial charge in [0.25, 0.3) is 0 Å². The van der Waals surface area contributed by atoms with Gasteiger partial charge in [-0.1, -0.05) is 6.92 Å². The minimum atomic E-state index is -0.0727. The number of urea groups is 1. The average molecular weight is 328 g/mol. The Bertz CT molecular complexity index is 684. The zero-order chi connectivity index (χ0) is 16.9. The number of hydrogen-bond acceptors (Lipinski definition) is 4. The van der Waals surface area contributed by atoms with Gasteiger partial charge in [-0.05, 0) is 37.5 Å². The van der Waals surface area contributed by atoms with E-state index in [2.05, 4.69) is 32.0 Å². The summed E-state index contributed by atoms with van der Waals surface area (Å²) in [5.74, 6) is 1.86. The zero-order valence-corrected chi connectivity index (χ0v) is 14.3. The highest BCUT2D eigenvalue weighted by Gasteiger charge is 2.23. The molecule has 1 aliphatic rings. The molecule has 0 aromatic carbocycles. The van der Waals surface area contributed by atoms with Crippen LogP contribution in [0.1, 0.15) is 49.9 Å². The maximum Gasteiger partial charge on any atom is 0.318 e. The number of amides is 2. The van der Waals surface area contributed by atoms with E-state index in [9.17, 15) is 4.79 Å². The lowest BCUT2D eigenvalue weighted by Crippen LogP contribution is -2.42. The van der Waals surface area contributed by atoms with Gasteiger partial charge in [0.2, 0.25) is 0 Å². The number of pyridine rings is 1. The third-order valence-corrected chi connectivity index (χ3v) is 4.54. The van der Waals surface area contributed by atoms with Crippen LogP contribution < -0.4 is 5.32 Å². The molecule has 0 saturated carbocycles. The predicted octanol–water partition coefficient (Wildman–Crippen LogP) is 2.30. The molecule has 7 heteroatoms. The SMILES string of the molecule is CC[C@H](c1ccncc1)N(CC)C(=O)NCc1nnc2n1CCC2. The van der Waals surface area contributed by atoms with Crippen LogP contribution in [0.4, 0.5) is 4.79 Å². The summed E-state index contributed by atoms with van der Waals surface area (Å²) in [6.45, 7) is 6.09. The van der Waals surface area contributed by atoms with Crippen LogP contribution in [0.3, 0.4) is 0 Å². The number of nitrogens with one attached hydrogen (secondary N) is 1. The van der Waals surface area contributed by atoms with E-state index in [4.69, 9.17) is 0 Å². The van der Waals surface area contributed by atoms with Gasteiger partial charge in [-0.15, -0.1) is 10.2 Å². The van der Waals surface area contributed by atoms with Crippen molar-refractivity contribution in [2.24, 2.45) is 0 Å². The van der Waals surface area contributed by atoms with E-state index >= 15 is 0 Å². The first kappa shape index (κ1) is 16.4. The number of carbonyl (C=O) groups excluding carboxylic acids is 1. The Hall–Kier alpha value is -2.44. The lowest BCUT2D eigenvalue weighted by Gasteiger charge is -2.30. The normalized spacial score (nSPS) is 14.2. The van der Waals surface area contributed by atoms with Crippen LogP contribution in [-0.2, 0) is 19.5 Å². The van der Waals surface area contributed by atoms with Crippen molar-refractivity contribution in [2.75, 3.05) is 6.54 Å². The number of nitrogens with zero attached hydrogens (tertiary/aromatic N) is 5. The van der Waals surface area contributed by atoms with Gasteiger partial charge in [0.1, 0.15) is 5.82 Å². The fourth-order valence-electron chi connectivity index (χ4n) is 3.32. The smallest absolute Gasteiger partial charge is 0.318 e. The van der Waals surface area contributed by atoms with Crippen molar-refractivity contribution in [1.82, 2.24) is 30.0 Å². The van der Waals surface area contributed by atoms with Gasteiger partial charge in [-0.2, -0.15) is 0 Å². The van der Waals surface area contributed by atoms with E-state index in [1.165, 1.54) is 0 Å². The molecule has 0 fully saturated rings. The number of hydrogen-bond donors (Lipinski definition) is 1. The summed E-state index contributed by atoms with van der Waals surface area (Å²) < 4.78 is 2.11. The molecule has 0 saturated heterocycles. The molecule has 1 N–H and O–H groups in total. The maximum absolute atomic E-state index is 12.7. The molecule has 2 aromatic rings. The highest BCUT2D eigenvalue weighted by Crippen LogP contribution is 2.23. The van der Waals surface area contributed by atoms with Gasteiger partial charge in [-0.3, -0.25) is 4.98 Å². The molecular formula is C17H24N6O. The van der Waals surface area contributed by atoms with Gasteiger partial charge >= 0.3 is 6.03 Å². The summed E-state index contributed by atoms with van der Waals surface area (Å²) in [6.07, 6.45) is 6.47. The Balaban J connectivity index is 1.67. The molecule has 3 heterocycles. The molecule has 3 rings (SSSR count). The molecular weight excluding hydrogens is 304 g/mol. The minimum Gasteiger partial charge on any atom is -0.331 e. The van der Waals surface area contributed by atoms with Crippen LogP contribution >= 0.6 is 0 Å². The summed E-state index contributed by atoms with van der Waals surface area (Å²) in [5.41, 5.74) is 1.10. The molecule has 0 bridgehead atoms. The second-order valence-corrected chi connectivity index (χ2v) is 5.94. The van der Waals surface area contributed by atoms with Crippen molar-refractivity contribution < 1.29 is 4.79 Å². The quantitative estimate of drug-likeness (QED) is 0.883. The van der Waals surface area contributed by atoms with E-state index in [0.717, 1.165) is 43.0 Å². The van der Waals surface area contributed by atoms with Crippen LogP contribution in [0.25, 0.3) is 0 Å². The standard InChI is InChI=1S/C17H24N6O/c1-3-14(13-7-9-18-10-8-13)22(4-2)17(24)19-12-16-21-20-15-6-5-11-23(15)16/h7-10,14H,3-6,11-12H2,1-2H3,(H,19,24)/t14-/m1/s1. The van der Waals surface area contributed by atoms with Crippen LogP contribution in [0.15, 0.2) is 24.5 Å². The van der Waals surface area contributed by atoms with Crippen LogP contribution in [0.5, 0.6) is 0 Å².